The molecular weight excluding hydrogens is 200 g/mol. The lowest BCUT2D eigenvalue weighted by molar-refractivity contribution is 0.205. The summed E-state index contributed by atoms with van der Waals surface area (Å²) in [7, 11) is 0. The van der Waals surface area contributed by atoms with Gasteiger partial charge in [-0.25, -0.2) is 4.98 Å². The van der Waals surface area contributed by atoms with Crippen LogP contribution in [-0.4, -0.2) is 17.6 Å². The molecular formula is C13H22N2O. The SMILES string of the molecule is CCNC(C)c1cccnc1OC(C)CC. The number of nitrogens with zero attached hydrogens (tertiary/aromatic N) is 1. The van der Waals surface area contributed by atoms with E-state index in [0.29, 0.717) is 0 Å². The largest absolute Gasteiger partial charge is 0.474 e. The van der Waals surface area contributed by atoms with E-state index in [9.17, 15) is 0 Å². The Bertz CT molecular complexity index is 315. The summed E-state index contributed by atoms with van der Waals surface area (Å²) < 4.78 is 5.81. The third-order valence-corrected chi connectivity index (χ3v) is 2.67. The second kappa shape index (κ2) is 6.48. The minimum atomic E-state index is 0.211. The van der Waals surface area contributed by atoms with Gasteiger partial charge in [-0.3, -0.25) is 0 Å². The fourth-order valence-corrected chi connectivity index (χ4v) is 1.52. The molecule has 0 bridgehead atoms. The molecule has 90 valence electrons. The summed E-state index contributed by atoms with van der Waals surface area (Å²) in [6, 6.07) is 4.29. The predicted molar refractivity (Wildman–Crippen MR) is 66.7 cm³/mol. The molecule has 0 saturated heterocycles. The Morgan fingerprint density at radius 2 is 2.12 bits per heavy atom. The third kappa shape index (κ3) is 3.49. The summed E-state index contributed by atoms with van der Waals surface area (Å²) in [5.41, 5.74) is 1.13. The van der Waals surface area contributed by atoms with E-state index < -0.39 is 0 Å². The number of nitrogens with one attached hydrogen (secondary N) is 1. The van der Waals surface area contributed by atoms with E-state index in [1.807, 2.05) is 6.07 Å². The summed E-state index contributed by atoms with van der Waals surface area (Å²) in [5, 5.41) is 3.37. The quantitative estimate of drug-likeness (QED) is 0.803. The molecule has 1 heterocycles. The van der Waals surface area contributed by atoms with Crippen LogP contribution in [0.3, 0.4) is 0 Å². The summed E-state index contributed by atoms with van der Waals surface area (Å²) in [6.45, 7) is 9.35. The van der Waals surface area contributed by atoms with Gasteiger partial charge in [0, 0.05) is 17.8 Å². The van der Waals surface area contributed by atoms with Crippen LogP contribution in [0.15, 0.2) is 18.3 Å². The molecule has 0 aromatic carbocycles. The third-order valence-electron chi connectivity index (χ3n) is 2.67. The van der Waals surface area contributed by atoms with Gasteiger partial charge in [0.1, 0.15) is 0 Å². The molecule has 0 saturated carbocycles. The molecule has 16 heavy (non-hydrogen) atoms. The highest BCUT2D eigenvalue weighted by Gasteiger charge is 2.13. The van der Waals surface area contributed by atoms with Crippen molar-refractivity contribution < 1.29 is 4.74 Å². The van der Waals surface area contributed by atoms with Crippen molar-refractivity contribution in [1.29, 1.82) is 0 Å². The second-order valence-corrected chi connectivity index (χ2v) is 4.01. The highest BCUT2D eigenvalue weighted by molar-refractivity contribution is 5.28. The first-order valence-electron chi connectivity index (χ1n) is 6.04. The van der Waals surface area contributed by atoms with Crippen LogP contribution in [0.25, 0.3) is 0 Å². The van der Waals surface area contributed by atoms with Crippen molar-refractivity contribution >= 4 is 0 Å². The topological polar surface area (TPSA) is 34.2 Å². The second-order valence-electron chi connectivity index (χ2n) is 4.01. The molecule has 1 aromatic heterocycles. The van der Waals surface area contributed by atoms with Crippen LogP contribution in [0.5, 0.6) is 5.88 Å². The minimum absolute atomic E-state index is 0.211. The van der Waals surface area contributed by atoms with Crippen molar-refractivity contribution in [3.8, 4) is 5.88 Å². The van der Waals surface area contributed by atoms with Crippen molar-refractivity contribution in [3.63, 3.8) is 0 Å². The molecule has 0 amide bonds. The van der Waals surface area contributed by atoms with Crippen LogP contribution in [0, 0.1) is 0 Å². The normalized spacial score (nSPS) is 14.5. The first-order chi connectivity index (χ1) is 7.69. The minimum Gasteiger partial charge on any atom is -0.474 e. The van der Waals surface area contributed by atoms with Gasteiger partial charge in [-0.05, 0) is 32.9 Å². The summed E-state index contributed by atoms with van der Waals surface area (Å²) in [4.78, 5) is 4.31. The van der Waals surface area contributed by atoms with Gasteiger partial charge in [-0.1, -0.05) is 19.9 Å². The van der Waals surface area contributed by atoms with Crippen molar-refractivity contribution in [2.45, 2.75) is 46.3 Å². The van der Waals surface area contributed by atoms with E-state index in [1.165, 1.54) is 0 Å². The van der Waals surface area contributed by atoms with Crippen LogP contribution in [0.1, 0.15) is 45.7 Å². The van der Waals surface area contributed by atoms with Gasteiger partial charge in [-0.15, -0.1) is 0 Å². The Hall–Kier alpha value is -1.09. The van der Waals surface area contributed by atoms with Crippen LogP contribution in [0.2, 0.25) is 0 Å². The molecule has 2 unspecified atom stereocenters. The molecule has 1 N–H and O–H groups in total. The van der Waals surface area contributed by atoms with E-state index in [2.05, 4.69) is 44.1 Å². The lowest BCUT2D eigenvalue weighted by Gasteiger charge is -2.19. The Morgan fingerprint density at radius 1 is 1.38 bits per heavy atom. The first-order valence-corrected chi connectivity index (χ1v) is 6.04. The van der Waals surface area contributed by atoms with Crippen LogP contribution in [-0.2, 0) is 0 Å². The maximum atomic E-state index is 5.81. The average Bonchev–Trinajstić information content (AvgIpc) is 2.30. The number of rotatable bonds is 6. The molecule has 0 aliphatic carbocycles. The molecule has 0 aliphatic heterocycles. The number of aromatic nitrogens is 1. The van der Waals surface area contributed by atoms with Crippen LogP contribution in [0.4, 0.5) is 0 Å². The van der Waals surface area contributed by atoms with Crippen molar-refractivity contribution in [2.75, 3.05) is 6.54 Å². The van der Waals surface area contributed by atoms with E-state index in [0.717, 1.165) is 24.4 Å². The van der Waals surface area contributed by atoms with Gasteiger partial charge in [0.15, 0.2) is 0 Å². The molecule has 0 fully saturated rings. The zero-order valence-corrected chi connectivity index (χ0v) is 10.7. The molecule has 1 rings (SSSR count). The van der Waals surface area contributed by atoms with E-state index in [1.54, 1.807) is 6.20 Å². The molecule has 3 nitrogen and oxygen atoms in total. The highest BCUT2D eigenvalue weighted by atomic mass is 16.5. The maximum absolute atomic E-state index is 5.81. The smallest absolute Gasteiger partial charge is 0.218 e. The highest BCUT2D eigenvalue weighted by Crippen LogP contribution is 2.23. The van der Waals surface area contributed by atoms with Gasteiger partial charge in [0.05, 0.1) is 6.10 Å². The number of pyridine rings is 1. The standard InChI is InChI=1S/C13H22N2O/c1-5-10(3)16-13-12(8-7-9-15-13)11(4)14-6-2/h7-11,14H,5-6H2,1-4H3. The number of ether oxygens (including phenoxy) is 1. The first kappa shape index (κ1) is 13.0. The van der Waals surface area contributed by atoms with E-state index in [4.69, 9.17) is 4.74 Å². The number of hydrogen-bond acceptors (Lipinski definition) is 3. The predicted octanol–water partition coefficient (Wildman–Crippen LogP) is 2.93. The zero-order chi connectivity index (χ0) is 12.0. The van der Waals surface area contributed by atoms with Crippen LogP contribution < -0.4 is 10.1 Å². The summed E-state index contributed by atoms with van der Waals surface area (Å²) in [6.07, 6.45) is 2.98. The molecule has 1 aromatic rings. The fourth-order valence-electron chi connectivity index (χ4n) is 1.52. The zero-order valence-electron chi connectivity index (χ0n) is 10.7. The monoisotopic (exact) mass is 222 g/mol. The molecule has 2 atom stereocenters. The Balaban J connectivity index is 2.82. The molecule has 3 heteroatoms. The van der Waals surface area contributed by atoms with Crippen molar-refractivity contribution in [2.24, 2.45) is 0 Å². The van der Waals surface area contributed by atoms with Crippen molar-refractivity contribution in [3.05, 3.63) is 23.9 Å². The Morgan fingerprint density at radius 3 is 2.75 bits per heavy atom. The molecule has 0 spiro atoms. The average molecular weight is 222 g/mol. The fraction of sp³-hybridized carbons (Fsp3) is 0.615. The Labute approximate surface area is 98.2 Å². The van der Waals surface area contributed by atoms with Gasteiger partial charge >= 0.3 is 0 Å². The van der Waals surface area contributed by atoms with Gasteiger partial charge in [0.25, 0.3) is 0 Å². The molecule has 0 aliphatic rings. The molecule has 0 radical (unpaired) electrons. The summed E-state index contributed by atoms with van der Waals surface area (Å²) in [5.74, 6) is 0.755. The van der Waals surface area contributed by atoms with Gasteiger partial charge in [-0.2, -0.15) is 0 Å². The van der Waals surface area contributed by atoms with Crippen molar-refractivity contribution in [1.82, 2.24) is 10.3 Å². The van der Waals surface area contributed by atoms with Gasteiger partial charge in [0.2, 0.25) is 5.88 Å². The van der Waals surface area contributed by atoms with Gasteiger partial charge < -0.3 is 10.1 Å². The summed E-state index contributed by atoms with van der Waals surface area (Å²) >= 11 is 0. The maximum Gasteiger partial charge on any atom is 0.218 e. The van der Waals surface area contributed by atoms with Crippen LogP contribution >= 0.6 is 0 Å². The van der Waals surface area contributed by atoms with E-state index in [-0.39, 0.29) is 12.1 Å². The lowest BCUT2D eigenvalue weighted by atomic mass is 10.1. The lowest BCUT2D eigenvalue weighted by Crippen LogP contribution is -2.20. The number of hydrogen-bond donors (Lipinski definition) is 1. The van der Waals surface area contributed by atoms with E-state index >= 15 is 0 Å². The Kier molecular flexibility index (Phi) is 5.26.